The smallest absolute Gasteiger partial charge is 0.00522 e. The maximum absolute atomic E-state index is 2.33. The van der Waals surface area contributed by atoms with E-state index in [4.69, 9.17) is 0 Å². The summed E-state index contributed by atoms with van der Waals surface area (Å²) in [5, 5.41) is 0. The summed E-state index contributed by atoms with van der Waals surface area (Å²) in [6.07, 6.45) is 8.13. The number of allylic oxidation sites excluding steroid dienone is 2. The van der Waals surface area contributed by atoms with Crippen LogP contribution in [0.1, 0.15) is 50.2 Å². The molecule has 0 aromatic heterocycles. The van der Waals surface area contributed by atoms with Crippen LogP contribution in [-0.4, -0.2) is 0 Å². The highest BCUT2D eigenvalue weighted by Gasteiger charge is 2.28. The molecule has 0 heteroatoms. The Hall–Kier alpha value is -1.04. The molecule has 1 aromatic carbocycles. The van der Waals surface area contributed by atoms with E-state index in [1.165, 1.54) is 38.5 Å². The summed E-state index contributed by atoms with van der Waals surface area (Å²) in [5.41, 5.74) is 6.64. The van der Waals surface area contributed by atoms with E-state index < -0.39 is 0 Å². The minimum Gasteiger partial charge on any atom is -0.0654 e. The van der Waals surface area contributed by atoms with Gasteiger partial charge in [0.1, 0.15) is 0 Å². The van der Waals surface area contributed by atoms with Gasteiger partial charge >= 0.3 is 0 Å². The fourth-order valence-corrected chi connectivity index (χ4v) is 3.51. The first kappa shape index (κ1) is 10.1. The molecule has 0 N–H and O–H groups in total. The van der Waals surface area contributed by atoms with Gasteiger partial charge in [0, 0.05) is 0 Å². The first-order valence-electron chi connectivity index (χ1n) is 6.70. The summed E-state index contributed by atoms with van der Waals surface area (Å²) in [5.74, 6) is 0.890. The average molecular weight is 212 g/mol. The number of hydrogen-bond donors (Lipinski definition) is 0. The lowest BCUT2D eigenvalue weighted by Crippen LogP contribution is -2.09. The third kappa shape index (κ3) is 1.52. The van der Waals surface area contributed by atoms with E-state index in [2.05, 4.69) is 31.2 Å². The summed E-state index contributed by atoms with van der Waals surface area (Å²) < 4.78 is 0. The predicted octanol–water partition coefficient (Wildman–Crippen LogP) is 4.60. The topological polar surface area (TPSA) is 0 Å². The zero-order valence-electron chi connectivity index (χ0n) is 10.1. The van der Waals surface area contributed by atoms with Crippen molar-refractivity contribution in [2.45, 2.75) is 45.4 Å². The van der Waals surface area contributed by atoms with E-state index in [-0.39, 0.29) is 0 Å². The molecule has 0 radical (unpaired) electrons. The second-order valence-electron chi connectivity index (χ2n) is 5.22. The van der Waals surface area contributed by atoms with Crippen molar-refractivity contribution in [3.63, 3.8) is 0 Å². The molecule has 0 bridgehead atoms. The summed E-state index contributed by atoms with van der Waals surface area (Å²) in [4.78, 5) is 0. The van der Waals surface area contributed by atoms with Crippen LogP contribution in [0.4, 0.5) is 0 Å². The molecule has 2 aliphatic carbocycles. The van der Waals surface area contributed by atoms with Crippen LogP contribution < -0.4 is 0 Å². The van der Waals surface area contributed by atoms with Gasteiger partial charge in [0.25, 0.3) is 0 Å². The minimum absolute atomic E-state index is 0.890. The van der Waals surface area contributed by atoms with Gasteiger partial charge in [0.2, 0.25) is 0 Å². The highest BCUT2D eigenvalue weighted by molar-refractivity contribution is 5.77. The van der Waals surface area contributed by atoms with Gasteiger partial charge in [-0.1, -0.05) is 43.2 Å². The third-order valence-electron chi connectivity index (χ3n) is 4.22. The van der Waals surface area contributed by atoms with Gasteiger partial charge in [-0.25, -0.2) is 0 Å². The second kappa shape index (κ2) is 4.08. The molecule has 0 fully saturated rings. The SMILES string of the molecule is CCCC1CCCC2=C1Cc1ccccc12. The molecule has 0 heterocycles. The van der Waals surface area contributed by atoms with Crippen LogP contribution in [-0.2, 0) is 6.42 Å². The normalized spacial score (nSPS) is 23.2. The van der Waals surface area contributed by atoms with Crippen LogP contribution in [0, 0.1) is 5.92 Å². The van der Waals surface area contributed by atoms with Gasteiger partial charge in [-0.2, -0.15) is 0 Å². The molecule has 1 aromatic rings. The third-order valence-corrected chi connectivity index (χ3v) is 4.22. The summed E-state index contributed by atoms with van der Waals surface area (Å²) in [6, 6.07) is 9.02. The number of hydrogen-bond acceptors (Lipinski definition) is 0. The molecule has 1 atom stereocenters. The van der Waals surface area contributed by atoms with E-state index >= 15 is 0 Å². The lowest BCUT2D eigenvalue weighted by molar-refractivity contribution is 0.475. The van der Waals surface area contributed by atoms with Crippen molar-refractivity contribution >= 4 is 5.57 Å². The minimum atomic E-state index is 0.890. The molecule has 0 amide bonds. The molecule has 2 aliphatic rings. The number of rotatable bonds is 2. The van der Waals surface area contributed by atoms with Gasteiger partial charge in [-0.05, 0) is 54.7 Å². The van der Waals surface area contributed by atoms with E-state index in [1.807, 2.05) is 0 Å². The lowest BCUT2D eigenvalue weighted by atomic mass is 9.81. The van der Waals surface area contributed by atoms with Crippen LogP contribution in [0.2, 0.25) is 0 Å². The molecule has 16 heavy (non-hydrogen) atoms. The fourth-order valence-electron chi connectivity index (χ4n) is 3.51. The largest absolute Gasteiger partial charge is 0.0654 e. The van der Waals surface area contributed by atoms with Crippen molar-refractivity contribution in [3.05, 3.63) is 41.0 Å². The molecule has 3 rings (SSSR count). The zero-order valence-corrected chi connectivity index (χ0v) is 10.1. The fraction of sp³-hybridized carbons (Fsp3) is 0.500. The van der Waals surface area contributed by atoms with Gasteiger partial charge in [-0.15, -0.1) is 0 Å². The molecule has 84 valence electrons. The van der Waals surface area contributed by atoms with Crippen molar-refractivity contribution in [3.8, 4) is 0 Å². The van der Waals surface area contributed by atoms with E-state index in [1.54, 1.807) is 22.3 Å². The summed E-state index contributed by atoms with van der Waals surface area (Å²) in [6.45, 7) is 2.32. The molecule has 0 spiro atoms. The Morgan fingerprint density at radius 2 is 2.12 bits per heavy atom. The van der Waals surface area contributed by atoms with Crippen molar-refractivity contribution < 1.29 is 0 Å². The van der Waals surface area contributed by atoms with Crippen molar-refractivity contribution in [1.82, 2.24) is 0 Å². The van der Waals surface area contributed by atoms with Crippen LogP contribution in [0.3, 0.4) is 0 Å². The Morgan fingerprint density at radius 3 is 3.00 bits per heavy atom. The number of fused-ring (bicyclic) bond motifs is 2. The maximum atomic E-state index is 2.33. The Bertz CT molecular complexity index is 425. The van der Waals surface area contributed by atoms with Crippen molar-refractivity contribution in [2.24, 2.45) is 5.92 Å². The van der Waals surface area contributed by atoms with Gasteiger partial charge in [0.05, 0.1) is 0 Å². The van der Waals surface area contributed by atoms with Gasteiger partial charge in [0.15, 0.2) is 0 Å². The van der Waals surface area contributed by atoms with E-state index in [0.717, 1.165) is 5.92 Å². The summed E-state index contributed by atoms with van der Waals surface area (Å²) in [7, 11) is 0. The Labute approximate surface area is 98.4 Å². The van der Waals surface area contributed by atoms with E-state index in [9.17, 15) is 0 Å². The molecule has 1 unspecified atom stereocenters. The van der Waals surface area contributed by atoms with Gasteiger partial charge < -0.3 is 0 Å². The first-order valence-corrected chi connectivity index (χ1v) is 6.70. The Morgan fingerprint density at radius 1 is 1.25 bits per heavy atom. The molecule has 0 aliphatic heterocycles. The quantitative estimate of drug-likeness (QED) is 0.672. The van der Waals surface area contributed by atoms with Gasteiger partial charge in [-0.3, -0.25) is 0 Å². The number of benzene rings is 1. The standard InChI is InChI=1S/C16H20/c1-2-6-12-8-5-10-15-14-9-4-3-7-13(14)11-16(12)15/h3-4,7,9,12H,2,5-6,8,10-11H2,1H3. The monoisotopic (exact) mass is 212 g/mol. The molecule has 0 saturated heterocycles. The van der Waals surface area contributed by atoms with Crippen molar-refractivity contribution in [1.29, 1.82) is 0 Å². The summed E-state index contributed by atoms with van der Waals surface area (Å²) >= 11 is 0. The molecule has 0 saturated carbocycles. The molecular weight excluding hydrogens is 192 g/mol. The van der Waals surface area contributed by atoms with Crippen LogP contribution in [0.25, 0.3) is 5.57 Å². The highest BCUT2D eigenvalue weighted by Crippen LogP contribution is 2.45. The lowest BCUT2D eigenvalue weighted by Gasteiger charge is -2.24. The highest BCUT2D eigenvalue weighted by atomic mass is 14.3. The van der Waals surface area contributed by atoms with Crippen molar-refractivity contribution in [2.75, 3.05) is 0 Å². The van der Waals surface area contributed by atoms with E-state index in [0.29, 0.717) is 0 Å². The molecule has 0 nitrogen and oxygen atoms in total. The zero-order chi connectivity index (χ0) is 11.0. The Balaban J connectivity index is 1.98. The Kier molecular flexibility index (Phi) is 2.59. The van der Waals surface area contributed by atoms with Crippen LogP contribution in [0.15, 0.2) is 29.8 Å². The maximum Gasteiger partial charge on any atom is -0.00522 e. The van der Waals surface area contributed by atoms with Crippen LogP contribution >= 0.6 is 0 Å². The molecular formula is C16H20. The second-order valence-corrected chi connectivity index (χ2v) is 5.22. The first-order chi connectivity index (χ1) is 7.90. The van der Waals surface area contributed by atoms with Crippen LogP contribution in [0.5, 0.6) is 0 Å². The average Bonchev–Trinajstić information content (AvgIpc) is 2.69. The predicted molar refractivity (Wildman–Crippen MR) is 69.3 cm³/mol.